The number of aryl methyl sites for hydroxylation is 1. The molecule has 23 heavy (non-hydrogen) atoms. The molecule has 0 atom stereocenters. The van der Waals surface area contributed by atoms with Gasteiger partial charge in [-0.15, -0.1) is 11.3 Å². The molecular weight excluding hydrogens is 429 g/mol. The molecule has 0 saturated carbocycles. The normalized spacial score (nSPS) is 13.2. The van der Waals surface area contributed by atoms with Gasteiger partial charge in [-0.25, -0.2) is 4.79 Å². The number of carbonyl (C=O) groups is 2. The number of anilines is 1. The molecule has 120 valence electrons. The number of esters is 1. The van der Waals surface area contributed by atoms with Crippen LogP contribution in [0.4, 0.5) is 5.69 Å². The molecule has 1 aromatic carbocycles. The molecule has 0 bridgehead atoms. The van der Waals surface area contributed by atoms with Crippen LogP contribution in [0.5, 0.6) is 5.75 Å². The monoisotopic (exact) mass is 443 g/mol. The summed E-state index contributed by atoms with van der Waals surface area (Å²) in [5.74, 6) is 0.420. The Morgan fingerprint density at radius 1 is 1.26 bits per heavy atom. The number of carbonyl (C=O) groups excluding carboxylic acids is 2. The highest BCUT2D eigenvalue weighted by Crippen LogP contribution is 2.26. The van der Waals surface area contributed by atoms with E-state index in [1.54, 1.807) is 17.5 Å². The van der Waals surface area contributed by atoms with E-state index in [0.717, 1.165) is 14.1 Å². The number of amides is 1. The van der Waals surface area contributed by atoms with Crippen molar-refractivity contribution < 1.29 is 19.1 Å². The van der Waals surface area contributed by atoms with Gasteiger partial charge in [0.05, 0.1) is 8.45 Å². The van der Waals surface area contributed by atoms with E-state index < -0.39 is 0 Å². The van der Waals surface area contributed by atoms with Crippen LogP contribution in [0.15, 0.2) is 29.6 Å². The summed E-state index contributed by atoms with van der Waals surface area (Å²) in [4.78, 5) is 23.1. The number of halogens is 1. The first-order chi connectivity index (χ1) is 11.1. The van der Waals surface area contributed by atoms with Gasteiger partial charge in [-0.2, -0.15) is 0 Å². The van der Waals surface area contributed by atoms with Gasteiger partial charge < -0.3 is 14.8 Å². The largest absolute Gasteiger partial charge is 0.490 e. The SMILES string of the molecule is O=C1CCc2cc(OCCOC(=O)c3csc(I)c3)ccc2N1. The highest BCUT2D eigenvalue weighted by atomic mass is 127. The second kappa shape index (κ2) is 7.31. The summed E-state index contributed by atoms with van der Waals surface area (Å²) in [7, 11) is 0. The second-order valence-corrected chi connectivity index (χ2v) is 7.80. The first-order valence-electron chi connectivity index (χ1n) is 7.08. The maximum absolute atomic E-state index is 11.8. The van der Waals surface area contributed by atoms with Crippen molar-refractivity contribution in [2.75, 3.05) is 18.5 Å². The molecular formula is C16H14INO4S. The number of thiophene rings is 1. The second-order valence-electron chi connectivity index (χ2n) is 4.99. The Bertz CT molecular complexity index is 743. The van der Waals surface area contributed by atoms with Crippen LogP contribution in [0.2, 0.25) is 0 Å². The molecule has 3 rings (SSSR count). The smallest absolute Gasteiger partial charge is 0.339 e. The van der Waals surface area contributed by atoms with E-state index in [2.05, 4.69) is 27.9 Å². The average Bonchev–Trinajstić information content (AvgIpc) is 2.98. The van der Waals surface area contributed by atoms with E-state index in [1.807, 2.05) is 12.1 Å². The summed E-state index contributed by atoms with van der Waals surface area (Å²) in [6.45, 7) is 0.483. The summed E-state index contributed by atoms with van der Waals surface area (Å²) in [5, 5.41) is 4.61. The van der Waals surface area contributed by atoms with Crippen molar-refractivity contribution in [1.82, 2.24) is 0 Å². The lowest BCUT2D eigenvalue weighted by molar-refractivity contribution is -0.116. The first-order valence-corrected chi connectivity index (χ1v) is 9.04. The number of ether oxygens (including phenoxy) is 2. The Morgan fingerprint density at radius 3 is 2.91 bits per heavy atom. The van der Waals surface area contributed by atoms with Gasteiger partial charge in [0.1, 0.15) is 19.0 Å². The third kappa shape index (κ3) is 4.23. The molecule has 1 aliphatic heterocycles. The van der Waals surface area contributed by atoms with Crippen molar-refractivity contribution in [3.05, 3.63) is 43.7 Å². The molecule has 1 N–H and O–H groups in total. The fraction of sp³-hybridized carbons (Fsp3) is 0.250. The fourth-order valence-corrected chi connectivity index (χ4v) is 3.56. The van der Waals surface area contributed by atoms with E-state index in [0.29, 0.717) is 24.2 Å². The first kappa shape index (κ1) is 16.3. The summed E-state index contributed by atoms with van der Waals surface area (Å²) in [6.07, 6.45) is 1.21. The zero-order valence-corrected chi connectivity index (χ0v) is 15.1. The van der Waals surface area contributed by atoms with Crippen molar-refractivity contribution in [2.45, 2.75) is 12.8 Å². The van der Waals surface area contributed by atoms with Crippen LogP contribution in [0.1, 0.15) is 22.3 Å². The number of hydrogen-bond donors (Lipinski definition) is 1. The Labute approximate surface area is 151 Å². The average molecular weight is 443 g/mol. The van der Waals surface area contributed by atoms with E-state index in [4.69, 9.17) is 9.47 Å². The van der Waals surface area contributed by atoms with Crippen LogP contribution < -0.4 is 10.1 Å². The van der Waals surface area contributed by atoms with Gasteiger partial charge in [0.2, 0.25) is 5.91 Å². The van der Waals surface area contributed by atoms with Gasteiger partial charge >= 0.3 is 5.97 Å². The molecule has 2 aromatic rings. The summed E-state index contributed by atoms with van der Waals surface area (Å²) < 4.78 is 11.8. The number of rotatable bonds is 5. The third-order valence-electron chi connectivity index (χ3n) is 3.36. The molecule has 1 amide bonds. The predicted octanol–water partition coefficient (Wildman–Crippen LogP) is 3.47. The van der Waals surface area contributed by atoms with Crippen LogP contribution in [0.3, 0.4) is 0 Å². The quantitative estimate of drug-likeness (QED) is 0.437. The molecule has 1 aliphatic rings. The summed E-state index contributed by atoms with van der Waals surface area (Å²) in [5.41, 5.74) is 2.47. The van der Waals surface area contributed by atoms with E-state index in [1.165, 1.54) is 11.3 Å². The molecule has 0 radical (unpaired) electrons. The van der Waals surface area contributed by atoms with Crippen molar-refractivity contribution in [3.63, 3.8) is 0 Å². The van der Waals surface area contributed by atoms with Crippen LogP contribution in [0.25, 0.3) is 0 Å². The molecule has 2 heterocycles. The molecule has 0 spiro atoms. The lowest BCUT2D eigenvalue weighted by Crippen LogP contribution is -2.19. The van der Waals surface area contributed by atoms with Crippen LogP contribution >= 0.6 is 33.9 Å². The minimum Gasteiger partial charge on any atom is -0.490 e. The molecule has 5 nitrogen and oxygen atoms in total. The van der Waals surface area contributed by atoms with Gasteiger partial charge in [-0.05, 0) is 58.8 Å². The maximum Gasteiger partial charge on any atom is 0.339 e. The highest BCUT2D eigenvalue weighted by Gasteiger charge is 2.15. The Balaban J connectivity index is 1.47. The van der Waals surface area contributed by atoms with Crippen LogP contribution in [-0.4, -0.2) is 25.1 Å². The van der Waals surface area contributed by atoms with E-state index in [-0.39, 0.29) is 25.1 Å². The molecule has 0 saturated heterocycles. The van der Waals surface area contributed by atoms with Gasteiger partial charge in [-0.3, -0.25) is 4.79 Å². The number of benzene rings is 1. The fourth-order valence-electron chi connectivity index (χ4n) is 2.24. The van der Waals surface area contributed by atoms with Crippen molar-refractivity contribution in [1.29, 1.82) is 0 Å². The lowest BCUT2D eigenvalue weighted by Gasteiger charge is -2.17. The minimum absolute atomic E-state index is 0.0428. The Morgan fingerprint density at radius 2 is 2.13 bits per heavy atom. The maximum atomic E-state index is 11.8. The third-order valence-corrected chi connectivity index (χ3v) is 5.15. The van der Waals surface area contributed by atoms with E-state index >= 15 is 0 Å². The van der Waals surface area contributed by atoms with Gasteiger partial charge in [0.25, 0.3) is 0 Å². The van der Waals surface area contributed by atoms with Crippen molar-refractivity contribution in [2.24, 2.45) is 0 Å². The van der Waals surface area contributed by atoms with Crippen LogP contribution in [0, 0.1) is 2.88 Å². The van der Waals surface area contributed by atoms with E-state index in [9.17, 15) is 9.59 Å². The summed E-state index contributed by atoms with van der Waals surface area (Å²) >= 11 is 3.67. The predicted molar refractivity (Wildman–Crippen MR) is 96.2 cm³/mol. The van der Waals surface area contributed by atoms with Gasteiger partial charge in [0, 0.05) is 17.5 Å². The minimum atomic E-state index is -0.332. The zero-order valence-electron chi connectivity index (χ0n) is 12.1. The molecule has 7 heteroatoms. The Hall–Kier alpha value is -1.61. The van der Waals surface area contributed by atoms with Crippen LogP contribution in [-0.2, 0) is 16.0 Å². The Kier molecular flexibility index (Phi) is 5.16. The van der Waals surface area contributed by atoms with Gasteiger partial charge in [-0.1, -0.05) is 0 Å². The number of fused-ring (bicyclic) bond motifs is 1. The topological polar surface area (TPSA) is 64.6 Å². The zero-order chi connectivity index (χ0) is 16.2. The molecule has 1 aromatic heterocycles. The van der Waals surface area contributed by atoms with Gasteiger partial charge in [0.15, 0.2) is 0 Å². The summed E-state index contributed by atoms with van der Waals surface area (Å²) in [6, 6.07) is 7.35. The molecule has 0 fully saturated rings. The molecule has 0 aliphatic carbocycles. The highest BCUT2D eigenvalue weighted by molar-refractivity contribution is 14.1. The number of nitrogens with one attached hydrogen (secondary N) is 1. The lowest BCUT2D eigenvalue weighted by atomic mass is 10.0. The van der Waals surface area contributed by atoms with Crippen molar-refractivity contribution >= 4 is 51.5 Å². The standard InChI is InChI=1S/C16H14INO4S/c17-14-8-11(9-23-14)16(20)22-6-5-21-12-2-3-13-10(7-12)1-4-15(19)18-13/h2-3,7-9H,1,4-6H2,(H,18,19). The molecule has 0 unspecified atom stereocenters. The van der Waals surface area contributed by atoms with Crippen molar-refractivity contribution in [3.8, 4) is 5.75 Å². The number of hydrogen-bond acceptors (Lipinski definition) is 5.